The van der Waals surface area contributed by atoms with E-state index >= 15 is 0 Å². The van der Waals surface area contributed by atoms with Crippen molar-refractivity contribution >= 4 is 29.1 Å². The first kappa shape index (κ1) is 21.2. The molecule has 1 atom stereocenters. The number of ether oxygens (including phenoxy) is 2. The van der Waals surface area contributed by atoms with E-state index in [9.17, 15) is 9.59 Å². The maximum Gasteiger partial charge on any atom is 0.256 e. The van der Waals surface area contributed by atoms with Crippen LogP contribution in [0.25, 0.3) is 0 Å². The van der Waals surface area contributed by atoms with E-state index in [4.69, 9.17) is 32.7 Å². The molecule has 1 fully saturated rings. The van der Waals surface area contributed by atoms with E-state index in [1.54, 1.807) is 17.9 Å². The molecule has 0 spiro atoms. The minimum absolute atomic E-state index is 0.136. The van der Waals surface area contributed by atoms with Crippen LogP contribution >= 0.6 is 23.2 Å². The van der Waals surface area contributed by atoms with Gasteiger partial charge in [-0.15, -0.1) is 0 Å². The second-order valence-corrected chi connectivity index (χ2v) is 8.79. The number of H-pyrrole nitrogens is 1. The molecular weight excluding hydrogens is 427 g/mol. The molecule has 2 aliphatic heterocycles. The van der Waals surface area contributed by atoms with E-state index in [1.807, 2.05) is 6.07 Å². The van der Waals surface area contributed by atoms with Crippen LogP contribution in [0.4, 0.5) is 0 Å². The summed E-state index contributed by atoms with van der Waals surface area (Å²) in [5.41, 5.74) is 2.94. The van der Waals surface area contributed by atoms with Crippen molar-refractivity contribution in [1.82, 2.24) is 9.88 Å². The Balaban J connectivity index is 1.70. The van der Waals surface area contributed by atoms with Crippen LogP contribution in [0, 0.1) is 12.8 Å². The minimum Gasteiger partial charge on any atom is -0.496 e. The molecule has 0 bridgehead atoms. The van der Waals surface area contributed by atoms with Crippen LogP contribution in [0.5, 0.6) is 5.75 Å². The molecule has 2 aromatic rings. The van der Waals surface area contributed by atoms with Gasteiger partial charge >= 0.3 is 0 Å². The second kappa shape index (κ2) is 8.25. The van der Waals surface area contributed by atoms with Crippen molar-refractivity contribution in [2.24, 2.45) is 5.92 Å². The smallest absolute Gasteiger partial charge is 0.256 e. The second-order valence-electron chi connectivity index (χ2n) is 8.01. The number of nitrogens with zero attached hydrogens (tertiary/aromatic N) is 1. The van der Waals surface area contributed by atoms with E-state index in [-0.39, 0.29) is 23.9 Å². The summed E-state index contributed by atoms with van der Waals surface area (Å²) >= 11 is 13.3. The Morgan fingerprint density at radius 2 is 2.03 bits per heavy atom. The number of carbonyl (C=O) groups is 1. The van der Waals surface area contributed by atoms with Crippen LogP contribution < -0.4 is 10.3 Å². The van der Waals surface area contributed by atoms with Crippen LogP contribution in [0.2, 0.25) is 10.0 Å². The monoisotopic (exact) mass is 450 g/mol. The number of pyridine rings is 1. The zero-order chi connectivity index (χ0) is 21.6. The molecule has 2 aliphatic rings. The summed E-state index contributed by atoms with van der Waals surface area (Å²) in [4.78, 5) is 30.3. The van der Waals surface area contributed by atoms with Crippen LogP contribution in [0.15, 0.2) is 16.9 Å². The van der Waals surface area contributed by atoms with Gasteiger partial charge in [-0.1, -0.05) is 30.1 Å². The van der Waals surface area contributed by atoms with Crippen LogP contribution in [0.1, 0.15) is 45.6 Å². The third kappa shape index (κ3) is 3.61. The summed E-state index contributed by atoms with van der Waals surface area (Å²) in [6.45, 7) is 5.82. The van der Waals surface area contributed by atoms with Gasteiger partial charge in [-0.25, -0.2) is 0 Å². The number of aromatic amines is 1. The third-order valence-corrected chi connectivity index (χ3v) is 6.88. The lowest BCUT2D eigenvalue weighted by Gasteiger charge is -2.34. The molecule has 8 heteroatoms. The molecule has 30 heavy (non-hydrogen) atoms. The van der Waals surface area contributed by atoms with Gasteiger partial charge in [-0.2, -0.15) is 0 Å². The zero-order valence-electron chi connectivity index (χ0n) is 17.2. The maximum absolute atomic E-state index is 13.4. The molecule has 0 radical (unpaired) electrons. The van der Waals surface area contributed by atoms with Crippen LogP contribution in [-0.2, 0) is 17.7 Å². The largest absolute Gasteiger partial charge is 0.496 e. The lowest BCUT2D eigenvalue weighted by Crippen LogP contribution is -2.39. The van der Waals surface area contributed by atoms with E-state index in [1.165, 1.54) is 7.11 Å². The number of carbonyl (C=O) groups excluding carboxylic acids is 1. The van der Waals surface area contributed by atoms with Gasteiger partial charge in [-0.05, 0) is 42.5 Å². The standard InChI is InChI=1S/C22H24Cl2N2O4/c1-11-6-18(29-3)16(21(27)25-11)8-26-5-4-14-17(23)7-15(12(2)13-9-30-10-13)20(24)19(14)22(26)28/h6-7,12-13H,4-5,8-10H2,1-3H3,(H,25,27). The van der Waals surface area contributed by atoms with Gasteiger partial charge in [0.2, 0.25) is 0 Å². The number of halogens is 2. The highest BCUT2D eigenvalue weighted by atomic mass is 35.5. The van der Waals surface area contributed by atoms with Crippen molar-refractivity contribution in [2.45, 2.75) is 32.7 Å². The zero-order valence-corrected chi connectivity index (χ0v) is 18.7. The molecule has 0 aliphatic carbocycles. The average Bonchev–Trinajstić information content (AvgIpc) is 2.66. The quantitative estimate of drug-likeness (QED) is 0.748. The number of benzene rings is 1. The lowest BCUT2D eigenvalue weighted by atomic mass is 9.84. The molecule has 0 saturated carbocycles. The Hall–Kier alpha value is -2.02. The number of nitrogens with one attached hydrogen (secondary N) is 1. The van der Waals surface area contributed by atoms with Gasteiger partial charge in [0, 0.05) is 23.2 Å². The summed E-state index contributed by atoms with van der Waals surface area (Å²) in [5, 5.41) is 1.02. The molecule has 1 N–H and O–H groups in total. The summed E-state index contributed by atoms with van der Waals surface area (Å²) in [5.74, 6) is 0.745. The summed E-state index contributed by atoms with van der Waals surface area (Å²) < 4.78 is 10.7. The Labute approximate surface area is 185 Å². The summed E-state index contributed by atoms with van der Waals surface area (Å²) in [7, 11) is 1.51. The van der Waals surface area contributed by atoms with E-state index in [0.717, 1.165) is 11.1 Å². The highest BCUT2D eigenvalue weighted by Gasteiger charge is 2.34. The van der Waals surface area contributed by atoms with E-state index in [2.05, 4.69) is 11.9 Å². The van der Waals surface area contributed by atoms with Gasteiger partial charge in [0.25, 0.3) is 11.5 Å². The molecule has 1 saturated heterocycles. The van der Waals surface area contributed by atoms with E-state index in [0.29, 0.717) is 64.7 Å². The van der Waals surface area contributed by atoms with Gasteiger partial charge in [0.05, 0.1) is 43.0 Å². The Kier molecular flexibility index (Phi) is 5.84. The Morgan fingerprint density at radius 1 is 1.30 bits per heavy atom. The minimum atomic E-state index is -0.262. The highest BCUT2D eigenvalue weighted by Crippen LogP contribution is 2.41. The highest BCUT2D eigenvalue weighted by molar-refractivity contribution is 6.37. The number of methoxy groups -OCH3 is 1. The topological polar surface area (TPSA) is 71.6 Å². The number of amides is 1. The molecule has 1 aromatic carbocycles. The molecule has 3 heterocycles. The number of aryl methyl sites for hydroxylation is 1. The molecule has 1 amide bonds. The van der Waals surface area contributed by atoms with Gasteiger partial charge < -0.3 is 19.4 Å². The first-order valence-corrected chi connectivity index (χ1v) is 10.7. The van der Waals surface area contributed by atoms with Crippen molar-refractivity contribution in [3.8, 4) is 5.75 Å². The average molecular weight is 451 g/mol. The Morgan fingerprint density at radius 3 is 2.67 bits per heavy atom. The lowest BCUT2D eigenvalue weighted by molar-refractivity contribution is -0.0423. The van der Waals surface area contributed by atoms with Gasteiger partial charge in [0.15, 0.2) is 0 Å². The molecule has 6 nitrogen and oxygen atoms in total. The number of fused-ring (bicyclic) bond motifs is 1. The first-order valence-electron chi connectivity index (χ1n) is 9.96. The van der Waals surface area contributed by atoms with Gasteiger partial charge in [0.1, 0.15) is 5.75 Å². The summed E-state index contributed by atoms with van der Waals surface area (Å²) in [6, 6.07) is 3.64. The number of rotatable bonds is 5. The third-order valence-electron chi connectivity index (χ3n) is 6.14. The fourth-order valence-electron chi connectivity index (χ4n) is 4.14. The molecule has 160 valence electrons. The number of aromatic nitrogens is 1. The SMILES string of the molecule is COc1cc(C)[nH]c(=O)c1CN1CCc2c(Cl)cc(C(C)C3COC3)c(Cl)c2C1=O. The van der Waals surface area contributed by atoms with E-state index < -0.39 is 0 Å². The van der Waals surface area contributed by atoms with Crippen LogP contribution in [0.3, 0.4) is 0 Å². The van der Waals surface area contributed by atoms with Crippen molar-refractivity contribution in [2.75, 3.05) is 26.9 Å². The molecule has 1 unspecified atom stereocenters. The predicted molar refractivity (Wildman–Crippen MR) is 116 cm³/mol. The normalized spacial score (nSPS) is 17.5. The fraction of sp³-hybridized carbons (Fsp3) is 0.455. The Bertz CT molecular complexity index is 1060. The van der Waals surface area contributed by atoms with Gasteiger partial charge in [-0.3, -0.25) is 9.59 Å². The molecule has 1 aromatic heterocycles. The van der Waals surface area contributed by atoms with Crippen LogP contribution in [-0.4, -0.2) is 42.7 Å². The molecular formula is C22H24Cl2N2O4. The molecule has 4 rings (SSSR count). The maximum atomic E-state index is 13.4. The predicted octanol–water partition coefficient (Wildman–Crippen LogP) is 3.95. The number of hydrogen-bond donors (Lipinski definition) is 1. The van der Waals surface area contributed by atoms with Crippen molar-refractivity contribution in [3.63, 3.8) is 0 Å². The first-order chi connectivity index (χ1) is 14.3. The number of hydrogen-bond acceptors (Lipinski definition) is 4. The van der Waals surface area contributed by atoms with Crippen molar-refractivity contribution in [1.29, 1.82) is 0 Å². The summed E-state index contributed by atoms with van der Waals surface area (Å²) in [6.07, 6.45) is 0.576. The van der Waals surface area contributed by atoms with Crippen molar-refractivity contribution < 1.29 is 14.3 Å². The van der Waals surface area contributed by atoms with Crippen molar-refractivity contribution in [3.05, 3.63) is 60.5 Å². The fourth-order valence-corrected chi connectivity index (χ4v) is 4.87.